The van der Waals surface area contributed by atoms with Gasteiger partial charge in [0.05, 0.1) is 6.54 Å². The van der Waals surface area contributed by atoms with Crippen LogP contribution >= 0.6 is 23.2 Å². The zero-order valence-electron chi connectivity index (χ0n) is 8.63. The summed E-state index contributed by atoms with van der Waals surface area (Å²) in [5.41, 5.74) is 0. The van der Waals surface area contributed by atoms with E-state index in [1.165, 1.54) is 0 Å². The van der Waals surface area contributed by atoms with Crippen LogP contribution in [0, 0.1) is 0 Å². The number of nitrogens with one attached hydrogen (secondary N) is 2. The van der Waals surface area contributed by atoms with Crippen LogP contribution in [-0.4, -0.2) is 34.2 Å². The van der Waals surface area contributed by atoms with Crippen molar-refractivity contribution >= 4 is 34.9 Å². The lowest BCUT2D eigenvalue weighted by molar-refractivity contribution is -0.119. The van der Waals surface area contributed by atoms with Crippen molar-refractivity contribution in [2.75, 3.05) is 18.4 Å². The van der Waals surface area contributed by atoms with Gasteiger partial charge in [0.25, 0.3) is 0 Å². The monoisotopic (exact) mass is 263 g/mol. The van der Waals surface area contributed by atoms with Crippen LogP contribution in [0.4, 0.5) is 5.82 Å². The molecule has 16 heavy (non-hydrogen) atoms. The number of aromatic nitrogens is 3. The summed E-state index contributed by atoms with van der Waals surface area (Å²) >= 11 is 11.2. The Morgan fingerprint density at radius 3 is 2.81 bits per heavy atom. The largest absolute Gasteiger partial charge is 0.358 e. The van der Waals surface area contributed by atoms with Crippen molar-refractivity contribution in [3.05, 3.63) is 10.4 Å². The van der Waals surface area contributed by atoms with Crippen molar-refractivity contribution in [1.82, 2.24) is 20.5 Å². The number of carbonyl (C=O) groups is 1. The molecule has 0 unspecified atom stereocenters. The maximum absolute atomic E-state index is 11.3. The van der Waals surface area contributed by atoms with Gasteiger partial charge in [-0.1, -0.05) is 18.5 Å². The highest BCUT2D eigenvalue weighted by Gasteiger charge is 2.07. The summed E-state index contributed by atoms with van der Waals surface area (Å²) in [6.07, 6.45) is 0.882. The van der Waals surface area contributed by atoms with E-state index in [2.05, 4.69) is 25.8 Å². The number of hydrogen-bond donors (Lipinski definition) is 2. The average Bonchev–Trinajstić information content (AvgIpc) is 2.27. The van der Waals surface area contributed by atoms with Gasteiger partial charge in [-0.25, -0.2) is 0 Å². The third-order valence-electron chi connectivity index (χ3n) is 1.61. The Morgan fingerprint density at radius 1 is 1.38 bits per heavy atom. The fourth-order valence-electron chi connectivity index (χ4n) is 0.897. The molecular weight excluding hydrogens is 253 g/mol. The molecule has 0 aliphatic heterocycles. The lowest BCUT2D eigenvalue weighted by Crippen LogP contribution is -2.30. The third-order valence-corrected chi connectivity index (χ3v) is 2.02. The molecule has 0 bridgehead atoms. The molecule has 2 N–H and O–H groups in total. The minimum absolute atomic E-state index is 0.0270. The first kappa shape index (κ1) is 12.9. The zero-order chi connectivity index (χ0) is 12.0. The smallest absolute Gasteiger partial charge is 0.245 e. The summed E-state index contributed by atoms with van der Waals surface area (Å²) in [5.74, 6) is 0.0981. The molecule has 1 amide bonds. The van der Waals surface area contributed by atoms with Gasteiger partial charge in [-0.3, -0.25) is 4.79 Å². The van der Waals surface area contributed by atoms with Gasteiger partial charge in [0.15, 0.2) is 11.0 Å². The van der Waals surface area contributed by atoms with Gasteiger partial charge < -0.3 is 10.6 Å². The van der Waals surface area contributed by atoms with Crippen LogP contribution in [0.2, 0.25) is 10.4 Å². The summed E-state index contributed by atoms with van der Waals surface area (Å²) in [5, 5.41) is 12.5. The summed E-state index contributed by atoms with van der Waals surface area (Å²) < 4.78 is 0. The number of carbonyl (C=O) groups excluding carboxylic acids is 1. The average molecular weight is 264 g/mol. The normalized spacial score (nSPS) is 9.94. The van der Waals surface area contributed by atoms with Crippen molar-refractivity contribution in [2.45, 2.75) is 13.3 Å². The van der Waals surface area contributed by atoms with Crippen molar-refractivity contribution in [3.63, 3.8) is 0 Å². The third kappa shape index (κ3) is 4.16. The van der Waals surface area contributed by atoms with E-state index >= 15 is 0 Å². The molecule has 0 aromatic carbocycles. The number of anilines is 1. The molecule has 1 heterocycles. The minimum Gasteiger partial charge on any atom is -0.358 e. The molecule has 0 aliphatic carbocycles. The van der Waals surface area contributed by atoms with Crippen LogP contribution < -0.4 is 10.6 Å². The molecule has 0 saturated carbocycles. The SMILES string of the molecule is CCCNC(=O)CNc1nc(Cl)nnc1Cl. The van der Waals surface area contributed by atoms with Gasteiger partial charge in [-0.15, -0.1) is 10.2 Å². The number of nitrogens with zero attached hydrogens (tertiary/aromatic N) is 3. The highest BCUT2D eigenvalue weighted by molar-refractivity contribution is 6.32. The molecule has 1 aromatic heterocycles. The minimum atomic E-state index is -0.146. The first-order valence-electron chi connectivity index (χ1n) is 4.69. The van der Waals surface area contributed by atoms with Gasteiger partial charge in [0, 0.05) is 6.54 Å². The second kappa shape index (κ2) is 6.44. The maximum atomic E-state index is 11.3. The van der Waals surface area contributed by atoms with E-state index in [1.807, 2.05) is 6.92 Å². The number of halogens is 2. The lowest BCUT2D eigenvalue weighted by atomic mass is 10.4. The molecule has 0 atom stereocenters. The Morgan fingerprint density at radius 2 is 2.12 bits per heavy atom. The molecule has 0 fully saturated rings. The van der Waals surface area contributed by atoms with Crippen LogP contribution in [0.5, 0.6) is 0 Å². The fourth-order valence-corrected chi connectivity index (χ4v) is 1.17. The van der Waals surface area contributed by atoms with E-state index in [9.17, 15) is 4.79 Å². The zero-order valence-corrected chi connectivity index (χ0v) is 10.1. The number of amides is 1. The van der Waals surface area contributed by atoms with Crippen LogP contribution in [0.1, 0.15) is 13.3 Å². The highest BCUT2D eigenvalue weighted by Crippen LogP contribution is 2.15. The predicted octanol–water partition coefficient (Wildman–Crippen LogP) is 1.12. The molecule has 1 rings (SSSR count). The fraction of sp³-hybridized carbons (Fsp3) is 0.500. The molecule has 0 saturated heterocycles. The first-order chi connectivity index (χ1) is 7.63. The van der Waals surface area contributed by atoms with Gasteiger partial charge >= 0.3 is 0 Å². The molecule has 0 spiro atoms. The van der Waals surface area contributed by atoms with Crippen molar-refractivity contribution in [2.24, 2.45) is 0 Å². The van der Waals surface area contributed by atoms with Crippen LogP contribution in [0.15, 0.2) is 0 Å². The summed E-state index contributed by atoms with van der Waals surface area (Å²) in [6, 6.07) is 0. The van der Waals surface area contributed by atoms with Gasteiger partial charge in [0.2, 0.25) is 11.2 Å². The highest BCUT2D eigenvalue weighted by atomic mass is 35.5. The predicted molar refractivity (Wildman–Crippen MR) is 61.6 cm³/mol. The topological polar surface area (TPSA) is 79.8 Å². The molecular formula is C8H11Cl2N5O. The Hall–Kier alpha value is -1.14. The van der Waals surface area contributed by atoms with E-state index in [1.54, 1.807) is 0 Å². The molecule has 1 aromatic rings. The maximum Gasteiger partial charge on any atom is 0.245 e. The molecule has 88 valence electrons. The second-order valence-electron chi connectivity index (χ2n) is 2.92. The quantitative estimate of drug-likeness (QED) is 0.832. The van der Waals surface area contributed by atoms with Crippen molar-refractivity contribution in [3.8, 4) is 0 Å². The van der Waals surface area contributed by atoms with Gasteiger partial charge in [-0.2, -0.15) is 4.98 Å². The van der Waals surface area contributed by atoms with E-state index in [0.717, 1.165) is 6.42 Å². The summed E-state index contributed by atoms with van der Waals surface area (Å²) in [4.78, 5) is 15.1. The van der Waals surface area contributed by atoms with E-state index in [-0.39, 0.29) is 28.7 Å². The number of hydrogen-bond acceptors (Lipinski definition) is 5. The van der Waals surface area contributed by atoms with E-state index in [0.29, 0.717) is 6.54 Å². The van der Waals surface area contributed by atoms with Crippen LogP contribution in [0.3, 0.4) is 0 Å². The second-order valence-corrected chi connectivity index (χ2v) is 3.62. The van der Waals surface area contributed by atoms with Crippen molar-refractivity contribution < 1.29 is 4.79 Å². The summed E-state index contributed by atoms with van der Waals surface area (Å²) in [6.45, 7) is 2.67. The first-order valence-corrected chi connectivity index (χ1v) is 5.45. The van der Waals surface area contributed by atoms with Crippen LogP contribution in [-0.2, 0) is 4.79 Å². The Kier molecular flexibility index (Phi) is 5.21. The van der Waals surface area contributed by atoms with Crippen LogP contribution in [0.25, 0.3) is 0 Å². The Labute approximate surface area is 103 Å². The Balaban J connectivity index is 2.47. The Bertz CT molecular complexity index is 373. The molecule has 0 aliphatic rings. The molecule has 0 radical (unpaired) electrons. The molecule has 6 nitrogen and oxygen atoms in total. The standard InChI is InChI=1S/C8H11Cl2N5O/c1-2-3-11-5(16)4-12-7-6(9)14-15-8(10)13-7/h2-4H2,1H3,(H,11,16)(H,12,13,15). The van der Waals surface area contributed by atoms with E-state index < -0.39 is 0 Å². The van der Waals surface area contributed by atoms with E-state index in [4.69, 9.17) is 23.2 Å². The summed E-state index contributed by atoms with van der Waals surface area (Å²) in [7, 11) is 0. The number of rotatable bonds is 5. The lowest BCUT2D eigenvalue weighted by Gasteiger charge is -2.06. The van der Waals surface area contributed by atoms with Crippen molar-refractivity contribution in [1.29, 1.82) is 0 Å². The van der Waals surface area contributed by atoms with Gasteiger partial charge in [-0.05, 0) is 18.0 Å². The molecule has 8 heteroatoms. The van der Waals surface area contributed by atoms with Gasteiger partial charge in [0.1, 0.15) is 0 Å².